The molecule has 1 atom stereocenters. The summed E-state index contributed by atoms with van der Waals surface area (Å²) in [7, 11) is 1.70. The number of amides is 1. The van der Waals surface area contributed by atoms with Crippen LogP contribution in [0.25, 0.3) is 0 Å². The molecule has 0 aromatic heterocycles. The largest absolute Gasteiger partial charge is 0.383 e. The number of nitrogens with zero attached hydrogens (tertiary/aromatic N) is 1. The van der Waals surface area contributed by atoms with Crippen LogP contribution in [0, 0.1) is 0 Å². The molecule has 0 heterocycles. The van der Waals surface area contributed by atoms with Crippen LogP contribution in [0.5, 0.6) is 0 Å². The minimum atomic E-state index is -0.658. The number of nitrogens with one attached hydrogen (secondary N) is 1. The number of hydrogen-bond donors (Lipinski definition) is 2. The summed E-state index contributed by atoms with van der Waals surface area (Å²) in [5.74, 6) is -0.295. The summed E-state index contributed by atoms with van der Waals surface area (Å²) < 4.78 is 5.12. The summed E-state index contributed by atoms with van der Waals surface area (Å²) >= 11 is 0. The maximum atomic E-state index is 11.7. The fourth-order valence-electron chi connectivity index (χ4n) is 2.11. The van der Waals surface area contributed by atoms with E-state index in [-0.39, 0.29) is 11.9 Å². The smallest absolute Gasteiger partial charge is 0.237 e. The number of rotatable bonds is 10. The maximum Gasteiger partial charge on any atom is 0.237 e. The molecule has 0 aromatic rings. The van der Waals surface area contributed by atoms with Crippen molar-refractivity contribution in [1.82, 2.24) is 10.2 Å². The summed E-state index contributed by atoms with van der Waals surface area (Å²) in [5.41, 5.74) is 4.88. The summed E-state index contributed by atoms with van der Waals surface area (Å²) in [5, 5.41) is 3.27. The van der Waals surface area contributed by atoms with Crippen molar-refractivity contribution in [2.45, 2.75) is 58.7 Å². The van der Waals surface area contributed by atoms with Crippen LogP contribution in [0.2, 0.25) is 0 Å². The Morgan fingerprint density at radius 2 is 1.89 bits per heavy atom. The Bertz CT molecular complexity index is 269. The van der Waals surface area contributed by atoms with Crippen LogP contribution in [0.3, 0.4) is 0 Å². The van der Waals surface area contributed by atoms with E-state index in [1.54, 1.807) is 7.11 Å². The Morgan fingerprint density at radius 1 is 1.32 bits per heavy atom. The third kappa shape index (κ3) is 6.89. The van der Waals surface area contributed by atoms with Crippen molar-refractivity contribution in [3.63, 3.8) is 0 Å². The van der Waals surface area contributed by atoms with Gasteiger partial charge in [0.1, 0.15) is 0 Å². The van der Waals surface area contributed by atoms with E-state index < -0.39 is 5.54 Å². The molecule has 3 N–H and O–H groups in total. The van der Waals surface area contributed by atoms with E-state index in [2.05, 4.69) is 24.1 Å². The number of methoxy groups -OCH3 is 1. The molecular weight excluding hydrogens is 242 g/mol. The standard InChI is InChI=1S/C14H31N3O2/c1-11(2)16-14(5,13(15)18)7-8-17(12(3)4)9-10-19-6/h11-12,16H,7-10H2,1-6H3,(H2,15,18). The van der Waals surface area contributed by atoms with Crippen molar-refractivity contribution in [2.24, 2.45) is 5.73 Å². The summed E-state index contributed by atoms with van der Waals surface area (Å²) in [6.45, 7) is 12.6. The average molecular weight is 273 g/mol. The number of carbonyl (C=O) groups excluding carboxylic acids is 1. The van der Waals surface area contributed by atoms with Gasteiger partial charge < -0.3 is 15.8 Å². The first-order valence-electron chi connectivity index (χ1n) is 7.03. The zero-order chi connectivity index (χ0) is 15.1. The minimum Gasteiger partial charge on any atom is -0.383 e. The summed E-state index contributed by atoms with van der Waals surface area (Å²) in [4.78, 5) is 14.0. The van der Waals surface area contributed by atoms with Crippen LogP contribution < -0.4 is 11.1 Å². The fraction of sp³-hybridized carbons (Fsp3) is 0.929. The molecule has 114 valence electrons. The van der Waals surface area contributed by atoms with Gasteiger partial charge in [-0.2, -0.15) is 0 Å². The van der Waals surface area contributed by atoms with E-state index >= 15 is 0 Å². The molecule has 1 unspecified atom stereocenters. The van der Waals surface area contributed by atoms with Gasteiger partial charge in [0.2, 0.25) is 5.91 Å². The molecule has 0 aliphatic carbocycles. The zero-order valence-electron chi connectivity index (χ0n) is 13.3. The highest BCUT2D eigenvalue weighted by Crippen LogP contribution is 2.13. The normalized spacial score (nSPS) is 15.2. The van der Waals surface area contributed by atoms with E-state index in [0.717, 1.165) is 13.1 Å². The molecule has 5 heteroatoms. The molecule has 5 nitrogen and oxygen atoms in total. The Labute approximate surface area is 117 Å². The Morgan fingerprint density at radius 3 is 2.26 bits per heavy atom. The van der Waals surface area contributed by atoms with Crippen LogP contribution in [0.1, 0.15) is 41.0 Å². The third-order valence-corrected chi connectivity index (χ3v) is 3.36. The number of ether oxygens (including phenoxy) is 1. The Balaban J connectivity index is 4.54. The molecule has 0 saturated heterocycles. The highest BCUT2D eigenvalue weighted by Gasteiger charge is 2.31. The first-order valence-corrected chi connectivity index (χ1v) is 7.03. The average Bonchev–Trinajstić information content (AvgIpc) is 2.27. The molecule has 0 aliphatic heterocycles. The van der Waals surface area contributed by atoms with Crippen molar-refractivity contribution < 1.29 is 9.53 Å². The van der Waals surface area contributed by atoms with Gasteiger partial charge in [-0.15, -0.1) is 0 Å². The highest BCUT2D eigenvalue weighted by molar-refractivity contribution is 5.84. The van der Waals surface area contributed by atoms with Gasteiger partial charge in [-0.25, -0.2) is 0 Å². The second kappa shape index (κ2) is 8.51. The molecule has 0 aliphatic rings. The van der Waals surface area contributed by atoms with Crippen molar-refractivity contribution in [3.05, 3.63) is 0 Å². The number of primary amides is 1. The lowest BCUT2D eigenvalue weighted by Gasteiger charge is -2.34. The van der Waals surface area contributed by atoms with Crippen LogP contribution in [-0.2, 0) is 9.53 Å². The maximum absolute atomic E-state index is 11.7. The lowest BCUT2D eigenvalue weighted by molar-refractivity contribution is -0.124. The van der Waals surface area contributed by atoms with Crippen LogP contribution >= 0.6 is 0 Å². The number of nitrogens with two attached hydrogens (primary N) is 1. The topological polar surface area (TPSA) is 67.6 Å². The van der Waals surface area contributed by atoms with Crippen molar-refractivity contribution >= 4 is 5.91 Å². The predicted octanol–water partition coefficient (Wildman–Crippen LogP) is 0.975. The SMILES string of the molecule is COCCN(CCC(C)(NC(C)C)C(N)=O)C(C)C. The lowest BCUT2D eigenvalue weighted by Crippen LogP contribution is -2.57. The number of hydrogen-bond acceptors (Lipinski definition) is 4. The fourth-order valence-corrected chi connectivity index (χ4v) is 2.11. The monoisotopic (exact) mass is 273 g/mol. The minimum absolute atomic E-state index is 0.226. The van der Waals surface area contributed by atoms with Gasteiger partial charge in [0.15, 0.2) is 0 Å². The van der Waals surface area contributed by atoms with Gasteiger partial charge in [0.05, 0.1) is 12.1 Å². The number of carbonyl (C=O) groups is 1. The van der Waals surface area contributed by atoms with Gasteiger partial charge in [0.25, 0.3) is 0 Å². The summed E-state index contributed by atoms with van der Waals surface area (Å²) in [6.07, 6.45) is 0.697. The molecule has 1 amide bonds. The van der Waals surface area contributed by atoms with Crippen LogP contribution in [-0.4, -0.2) is 55.2 Å². The molecule has 0 aromatic carbocycles. The van der Waals surface area contributed by atoms with E-state index in [1.165, 1.54) is 0 Å². The third-order valence-electron chi connectivity index (χ3n) is 3.36. The molecule has 0 rings (SSSR count). The van der Waals surface area contributed by atoms with Crippen molar-refractivity contribution in [2.75, 3.05) is 26.8 Å². The second-order valence-corrected chi connectivity index (χ2v) is 5.87. The van der Waals surface area contributed by atoms with E-state index in [0.29, 0.717) is 19.1 Å². The predicted molar refractivity (Wildman–Crippen MR) is 79.1 cm³/mol. The highest BCUT2D eigenvalue weighted by atomic mass is 16.5. The first kappa shape index (κ1) is 18.4. The van der Waals surface area contributed by atoms with E-state index in [9.17, 15) is 4.79 Å². The molecule has 19 heavy (non-hydrogen) atoms. The molecule has 0 spiro atoms. The van der Waals surface area contributed by atoms with Gasteiger partial charge >= 0.3 is 0 Å². The van der Waals surface area contributed by atoms with Gasteiger partial charge in [-0.3, -0.25) is 9.69 Å². The van der Waals surface area contributed by atoms with Crippen molar-refractivity contribution in [3.8, 4) is 0 Å². The second-order valence-electron chi connectivity index (χ2n) is 5.87. The van der Waals surface area contributed by atoms with Crippen LogP contribution in [0.4, 0.5) is 0 Å². The van der Waals surface area contributed by atoms with Gasteiger partial charge in [-0.05, 0) is 41.0 Å². The zero-order valence-corrected chi connectivity index (χ0v) is 13.3. The molecular formula is C14H31N3O2. The molecule has 0 radical (unpaired) electrons. The molecule has 0 fully saturated rings. The molecule has 0 bridgehead atoms. The Hall–Kier alpha value is -0.650. The van der Waals surface area contributed by atoms with E-state index in [1.807, 2.05) is 20.8 Å². The Kier molecular flexibility index (Phi) is 8.22. The molecule has 0 saturated carbocycles. The van der Waals surface area contributed by atoms with Gasteiger partial charge in [-0.1, -0.05) is 0 Å². The van der Waals surface area contributed by atoms with E-state index in [4.69, 9.17) is 10.5 Å². The van der Waals surface area contributed by atoms with Gasteiger partial charge in [0, 0.05) is 32.3 Å². The summed E-state index contributed by atoms with van der Waals surface area (Å²) in [6, 6.07) is 0.648. The first-order chi connectivity index (χ1) is 8.73. The van der Waals surface area contributed by atoms with Crippen LogP contribution in [0.15, 0.2) is 0 Å². The van der Waals surface area contributed by atoms with Crippen molar-refractivity contribution in [1.29, 1.82) is 0 Å². The lowest BCUT2D eigenvalue weighted by atomic mass is 9.95. The quantitative estimate of drug-likeness (QED) is 0.622.